The molecule has 4 nitrogen and oxygen atoms in total. The van der Waals surface area contributed by atoms with Crippen LogP contribution >= 0.6 is 0 Å². The molecule has 24 heavy (non-hydrogen) atoms. The van der Waals surface area contributed by atoms with Gasteiger partial charge in [-0.1, -0.05) is 18.2 Å². The summed E-state index contributed by atoms with van der Waals surface area (Å²) in [6, 6.07) is 17.0. The molecule has 1 aliphatic rings. The number of para-hydroxylation sites is 1. The first-order chi connectivity index (χ1) is 11.8. The van der Waals surface area contributed by atoms with E-state index in [-0.39, 0.29) is 18.3 Å². The summed E-state index contributed by atoms with van der Waals surface area (Å²) in [5, 5.41) is 9.07. The number of Topliss-reactive ketones (excluding diaryl/α,β-unsaturated/α-hetero) is 1. The maximum absolute atomic E-state index is 12.7. The standard InChI is InChI=1S/C20H23NO3/c22-14-13-21-12-4-5-17(15-21)20(23)16-8-10-19(11-9-16)24-18-6-2-1-3-7-18/h1-3,6-11,17,22H,4-5,12-15H2/t17-/m0/s1. The minimum absolute atomic E-state index is 0.0196. The number of hydrogen-bond acceptors (Lipinski definition) is 4. The van der Waals surface area contributed by atoms with E-state index in [1.165, 1.54) is 0 Å². The van der Waals surface area contributed by atoms with Gasteiger partial charge in [0.05, 0.1) is 6.61 Å². The fourth-order valence-corrected chi connectivity index (χ4v) is 3.16. The van der Waals surface area contributed by atoms with Crippen LogP contribution < -0.4 is 4.74 Å². The van der Waals surface area contributed by atoms with Crippen LogP contribution in [0, 0.1) is 5.92 Å². The normalized spacial score (nSPS) is 18.3. The van der Waals surface area contributed by atoms with Gasteiger partial charge in [0.25, 0.3) is 0 Å². The Hall–Kier alpha value is -2.17. The van der Waals surface area contributed by atoms with Crippen molar-refractivity contribution in [3.8, 4) is 11.5 Å². The molecule has 0 bridgehead atoms. The minimum atomic E-state index is 0.0196. The molecule has 126 valence electrons. The number of hydrogen-bond donors (Lipinski definition) is 1. The zero-order valence-corrected chi connectivity index (χ0v) is 13.7. The Morgan fingerprint density at radius 1 is 1.08 bits per heavy atom. The van der Waals surface area contributed by atoms with E-state index >= 15 is 0 Å². The lowest BCUT2D eigenvalue weighted by Crippen LogP contribution is -2.40. The van der Waals surface area contributed by atoms with Gasteiger partial charge in [0, 0.05) is 24.6 Å². The third-order valence-electron chi connectivity index (χ3n) is 4.41. The van der Waals surface area contributed by atoms with Gasteiger partial charge in [-0.15, -0.1) is 0 Å². The number of β-amino-alcohol motifs (C(OH)–C–C–N with tert-alkyl or cyclic N) is 1. The molecule has 0 radical (unpaired) electrons. The van der Waals surface area contributed by atoms with Crippen LogP contribution in [0.15, 0.2) is 54.6 Å². The van der Waals surface area contributed by atoms with E-state index in [0.29, 0.717) is 6.54 Å². The van der Waals surface area contributed by atoms with E-state index in [1.807, 2.05) is 54.6 Å². The Labute approximate surface area is 142 Å². The van der Waals surface area contributed by atoms with E-state index in [4.69, 9.17) is 9.84 Å². The van der Waals surface area contributed by atoms with E-state index in [9.17, 15) is 4.79 Å². The molecular weight excluding hydrogens is 302 g/mol. The van der Waals surface area contributed by atoms with E-state index in [2.05, 4.69) is 4.90 Å². The number of ketones is 1. The number of carbonyl (C=O) groups is 1. The zero-order chi connectivity index (χ0) is 16.8. The van der Waals surface area contributed by atoms with Crippen LogP contribution in [0.1, 0.15) is 23.2 Å². The third kappa shape index (κ3) is 4.22. The Kier molecular flexibility index (Phi) is 5.62. The molecule has 0 amide bonds. The quantitative estimate of drug-likeness (QED) is 0.827. The Morgan fingerprint density at radius 3 is 2.50 bits per heavy atom. The molecule has 3 rings (SSSR count). The number of piperidine rings is 1. The van der Waals surface area contributed by atoms with E-state index < -0.39 is 0 Å². The molecule has 1 N–H and O–H groups in total. The molecule has 0 saturated carbocycles. The van der Waals surface area contributed by atoms with E-state index in [0.717, 1.165) is 43.0 Å². The Bertz CT molecular complexity index is 652. The first-order valence-corrected chi connectivity index (χ1v) is 8.46. The average molecular weight is 325 g/mol. The maximum Gasteiger partial charge on any atom is 0.167 e. The van der Waals surface area contributed by atoms with Gasteiger partial charge < -0.3 is 14.7 Å². The van der Waals surface area contributed by atoms with Gasteiger partial charge in [-0.2, -0.15) is 0 Å². The van der Waals surface area contributed by atoms with Gasteiger partial charge in [-0.05, 0) is 55.8 Å². The molecule has 0 aromatic heterocycles. The molecule has 1 fully saturated rings. The Balaban J connectivity index is 1.63. The number of rotatable bonds is 6. The van der Waals surface area contributed by atoms with Crippen molar-refractivity contribution in [3.63, 3.8) is 0 Å². The van der Waals surface area contributed by atoms with Crippen molar-refractivity contribution in [1.82, 2.24) is 4.90 Å². The molecule has 1 atom stereocenters. The first-order valence-electron chi connectivity index (χ1n) is 8.46. The molecule has 1 aliphatic heterocycles. The Morgan fingerprint density at radius 2 is 1.79 bits per heavy atom. The molecule has 0 aliphatic carbocycles. The third-order valence-corrected chi connectivity index (χ3v) is 4.41. The second-order valence-electron chi connectivity index (χ2n) is 6.17. The van der Waals surface area contributed by atoms with Crippen LogP contribution in [0.2, 0.25) is 0 Å². The molecule has 0 spiro atoms. The van der Waals surface area contributed by atoms with Crippen molar-refractivity contribution in [3.05, 3.63) is 60.2 Å². The average Bonchev–Trinajstić information content (AvgIpc) is 2.63. The predicted octanol–water partition coefficient (Wildman–Crippen LogP) is 3.37. The highest BCUT2D eigenvalue weighted by Crippen LogP contribution is 2.24. The minimum Gasteiger partial charge on any atom is -0.457 e. The van der Waals surface area contributed by atoms with Gasteiger partial charge in [0.15, 0.2) is 5.78 Å². The lowest BCUT2D eigenvalue weighted by molar-refractivity contribution is 0.0794. The number of ether oxygens (including phenoxy) is 1. The number of carbonyl (C=O) groups excluding carboxylic acids is 1. The lowest BCUT2D eigenvalue weighted by atomic mass is 9.90. The van der Waals surface area contributed by atoms with Crippen molar-refractivity contribution >= 4 is 5.78 Å². The van der Waals surface area contributed by atoms with Gasteiger partial charge in [0.2, 0.25) is 0 Å². The summed E-state index contributed by atoms with van der Waals surface area (Å²) in [5.74, 6) is 1.71. The van der Waals surface area contributed by atoms with Gasteiger partial charge in [0.1, 0.15) is 11.5 Å². The molecular formula is C20H23NO3. The summed E-state index contributed by atoms with van der Waals surface area (Å²) < 4.78 is 5.76. The van der Waals surface area contributed by atoms with Crippen LogP contribution in [0.5, 0.6) is 11.5 Å². The SMILES string of the molecule is O=C(c1ccc(Oc2ccccc2)cc1)[C@H]1CCCN(CCO)C1. The maximum atomic E-state index is 12.7. The van der Waals surface area contributed by atoms with Crippen molar-refractivity contribution in [2.24, 2.45) is 5.92 Å². The summed E-state index contributed by atoms with van der Waals surface area (Å²) in [6.07, 6.45) is 1.93. The van der Waals surface area contributed by atoms with Crippen LogP contribution in [0.3, 0.4) is 0 Å². The summed E-state index contributed by atoms with van der Waals surface area (Å²) in [6.45, 7) is 2.50. The predicted molar refractivity (Wildman–Crippen MR) is 93.5 cm³/mol. The smallest absolute Gasteiger partial charge is 0.167 e. The van der Waals surface area contributed by atoms with Gasteiger partial charge in [-0.25, -0.2) is 0 Å². The van der Waals surface area contributed by atoms with Gasteiger partial charge >= 0.3 is 0 Å². The summed E-state index contributed by atoms with van der Waals surface area (Å²) >= 11 is 0. The monoisotopic (exact) mass is 325 g/mol. The van der Waals surface area contributed by atoms with Crippen molar-refractivity contribution < 1.29 is 14.6 Å². The highest BCUT2D eigenvalue weighted by atomic mass is 16.5. The number of benzene rings is 2. The summed E-state index contributed by atoms with van der Waals surface area (Å²) in [7, 11) is 0. The van der Waals surface area contributed by atoms with Crippen LogP contribution in [-0.4, -0.2) is 42.0 Å². The second-order valence-corrected chi connectivity index (χ2v) is 6.17. The lowest BCUT2D eigenvalue weighted by Gasteiger charge is -2.31. The first kappa shape index (κ1) is 16.7. The van der Waals surface area contributed by atoms with Crippen molar-refractivity contribution in [2.75, 3.05) is 26.2 Å². The largest absolute Gasteiger partial charge is 0.457 e. The highest BCUT2D eigenvalue weighted by Gasteiger charge is 2.26. The van der Waals surface area contributed by atoms with E-state index in [1.54, 1.807) is 0 Å². The highest BCUT2D eigenvalue weighted by molar-refractivity contribution is 5.98. The zero-order valence-electron chi connectivity index (χ0n) is 13.7. The molecule has 4 heteroatoms. The number of aliphatic hydroxyl groups excluding tert-OH is 1. The fourth-order valence-electron chi connectivity index (χ4n) is 3.16. The summed E-state index contributed by atoms with van der Waals surface area (Å²) in [4.78, 5) is 14.9. The number of likely N-dealkylation sites (tertiary alicyclic amines) is 1. The number of aliphatic hydroxyl groups is 1. The second kappa shape index (κ2) is 8.08. The molecule has 1 heterocycles. The number of nitrogens with zero attached hydrogens (tertiary/aromatic N) is 1. The summed E-state index contributed by atoms with van der Waals surface area (Å²) in [5.41, 5.74) is 0.728. The topological polar surface area (TPSA) is 49.8 Å². The van der Waals surface area contributed by atoms with Crippen LogP contribution in [0.25, 0.3) is 0 Å². The molecule has 0 unspecified atom stereocenters. The van der Waals surface area contributed by atoms with Crippen molar-refractivity contribution in [2.45, 2.75) is 12.8 Å². The molecule has 2 aromatic carbocycles. The van der Waals surface area contributed by atoms with Crippen LogP contribution in [0.4, 0.5) is 0 Å². The molecule has 1 saturated heterocycles. The molecule has 2 aromatic rings. The van der Waals surface area contributed by atoms with Crippen LogP contribution in [-0.2, 0) is 0 Å². The van der Waals surface area contributed by atoms with Gasteiger partial charge in [-0.3, -0.25) is 4.79 Å². The van der Waals surface area contributed by atoms with Crippen molar-refractivity contribution in [1.29, 1.82) is 0 Å². The fraction of sp³-hybridized carbons (Fsp3) is 0.350.